The lowest BCUT2D eigenvalue weighted by Gasteiger charge is -2.43. The topological polar surface area (TPSA) is 365 Å². The normalized spacial score (nSPS) is 47.7. The molecule has 1 aromatic carbocycles. The number of benzene rings is 1. The van der Waals surface area contributed by atoms with Gasteiger partial charge < -0.3 is 108 Å². The van der Waals surface area contributed by atoms with Crippen LogP contribution in [-0.4, -0.2) is 223 Å². The van der Waals surface area contributed by atoms with Crippen molar-refractivity contribution < 1.29 is 118 Å². The molecule has 7 fully saturated rings. The van der Waals surface area contributed by atoms with Gasteiger partial charge in [-0.25, -0.2) is 0 Å². The van der Waals surface area contributed by atoms with Crippen LogP contribution in [0.4, 0.5) is 0 Å². The maximum Gasteiger partial charge on any atom is 0.309 e. The standard InChI is InChI=1S/C24H30O11.C23H34O13/c25-11-24-16-13(17(27)21(24)35-24)8-9-31-22(16)34-23-20(30)19(29)18(28)14(33-23)10-32-15(26)7-6-12-4-2-1-3-5-12;1-31-12-6-9(2-3-11(12)25)20(30)33-8-23-14-10(15(26)19(23)36-23)4-5-32-21(14)35-22-18(29)17(28)16(27)13(7-24)34-22/h1-5,8-9,13-14,16-23,25,27-30H,6-7,10-11H2;4-5,9-19,21-22,24-29H,2-3,6-8H2,1H3/t13?,14-,16?,17?,18-,19+,20-,21?,22?,23+,24?;9?,10?,11?,12?,13-,14?,15?,16-,17+,18-,19?,21?,22+,23?/m11/s1. The third-order valence-electron chi connectivity index (χ3n) is 15.5. The van der Waals surface area contributed by atoms with Gasteiger partial charge in [-0.1, -0.05) is 30.3 Å². The molecule has 6 aliphatic heterocycles. The van der Waals surface area contributed by atoms with Crippen LogP contribution in [0.3, 0.4) is 0 Å². The minimum Gasteiger partial charge on any atom is -0.472 e. The number of ether oxygens (including phenoxy) is 11. The Bertz CT molecular complexity index is 2050. The van der Waals surface area contributed by atoms with Crippen molar-refractivity contribution in [2.45, 2.75) is 154 Å². The Kier molecular flexibility index (Phi) is 15.8. The number of carbonyl (C=O) groups excluding carboxylic acids is 2. The van der Waals surface area contributed by atoms with E-state index in [2.05, 4.69) is 0 Å². The molecule has 3 saturated carbocycles. The summed E-state index contributed by atoms with van der Waals surface area (Å²) in [5.74, 6) is -3.52. The lowest BCUT2D eigenvalue weighted by molar-refractivity contribution is -0.344. The molecule has 71 heavy (non-hydrogen) atoms. The highest BCUT2D eigenvalue weighted by atomic mass is 16.8. The summed E-state index contributed by atoms with van der Waals surface area (Å²) in [5.41, 5.74) is -1.16. The van der Waals surface area contributed by atoms with Crippen molar-refractivity contribution in [1.29, 1.82) is 0 Å². The number of aryl methyl sites for hydroxylation is 1. The lowest BCUT2D eigenvalue weighted by atomic mass is 9.84. The van der Waals surface area contributed by atoms with Gasteiger partial charge in [-0.3, -0.25) is 9.59 Å². The van der Waals surface area contributed by atoms with Gasteiger partial charge in [-0.15, -0.1) is 0 Å². The Balaban J connectivity index is 0.000000176. The van der Waals surface area contributed by atoms with Crippen LogP contribution in [0.5, 0.6) is 0 Å². The van der Waals surface area contributed by atoms with Gasteiger partial charge in [0.1, 0.15) is 85.5 Å². The van der Waals surface area contributed by atoms with E-state index in [-0.39, 0.29) is 26.2 Å². The Hall–Kier alpha value is -3.48. The second kappa shape index (κ2) is 21.4. The van der Waals surface area contributed by atoms with Crippen molar-refractivity contribution in [3.05, 3.63) is 60.6 Å². The zero-order chi connectivity index (χ0) is 50.5. The summed E-state index contributed by atoms with van der Waals surface area (Å²) in [6.07, 6.45) is -13.2. The van der Waals surface area contributed by atoms with Crippen LogP contribution in [0, 0.1) is 29.6 Å². The Labute approximate surface area is 406 Å². The Morgan fingerprint density at radius 2 is 1.23 bits per heavy atom. The van der Waals surface area contributed by atoms with Crippen molar-refractivity contribution in [3.8, 4) is 0 Å². The van der Waals surface area contributed by atoms with Gasteiger partial charge in [0.25, 0.3) is 0 Å². The Morgan fingerprint density at radius 3 is 1.82 bits per heavy atom. The molecule has 0 amide bonds. The summed E-state index contributed by atoms with van der Waals surface area (Å²) in [6.45, 7) is -1.50. The molecule has 396 valence electrons. The molecule has 0 spiro atoms. The van der Waals surface area contributed by atoms with Crippen molar-refractivity contribution in [2.24, 2.45) is 29.6 Å². The highest BCUT2D eigenvalue weighted by molar-refractivity contribution is 5.72. The number of hydrogen-bond acceptors (Lipinski definition) is 24. The molecule has 1 aromatic rings. The number of fused-ring (bicyclic) bond motifs is 6. The molecule has 24 nitrogen and oxygen atoms in total. The van der Waals surface area contributed by atoms with Gasteiger partial charge >= 0.3 is 11.9 Å². The first-order valence-electron chi connectivity index (χ1n) is 23.9. The van der Waals surface area contributed by atoms with Crippen LogP contribution in [0.2, 0.25) is 0 Å². The van der Waals surface area contributed by atoms with Crippen molar-refractivity contribution in [3.63, 3.8) is 0 Å². The van der Waals surface area contributed by atoms with E-state index in [1.807, 2.05) is 30.3 Å². The number of aliphatic hydroxyl groups excluding tert-OH is 11. The van der Waals surface area contributed by atoms with Crippen molar-refractivity contribution in [1.82, 2.24) is 0 Å². The summed E-state index contributed by atoms with van der Waals surface area (Å²) < 4.78 is 61.5. The summed E-state index contributed by atoms with van der Waals surface area (Å²) in [4.78, 5) is 25.0. The van der Waals surface area contributed by atoms with Crippen LogP contribution in [-0.2, 0) is 68.1 Å². The van der Waals surface area contributed by atoms with E-state index < -0.39 is 170 Å². The summed E-state index contributed by atoms with van der Waals surface area (Å²) in [6, 6.07) is 9.42. The first kappa shape index (κ1) is 52.4. The molecule has 24 heteroatoms. The number of esters is 2. The van der Waals surface area contributed by atoms with E-state index in [9.17, 15) is 65.8 Å². The first-order chi connectivity index (χ1) is 34.1. The van der Waals surface area contributed by atoms with E-state index in [4.69, 9.17) is 52.1 Å². The Morgan fingerprint density at radius 1 is 0.662 bits per heavy atom. The maximum atomic E-state index is 12.8. The van der Waals surface area contributed by atoms with Crippen LogP contribution in [0.25, 0.3) is 0 Å². The highest BCUT2D eigenvalue weighted by Crippen LogP contribution is 2.61. The molecule has 0 aromatic heterocycles. The van der Waals surface area contributed by atoms with E-state index in [0.29, 0.717) is 25.7 Å². The molecular formula is C47H64O24. The molecule has 0 bridgehead atoms. The molecule has 9 aliphatic rings. The average Bonchev–Trinajstić information content (AvgIpc) is 4.28. The van der Waals surface area contributed by atoms with Gasteiger partial charge in [0.15, 0.2) is 12.6 Å². The molecule has 3 aliphatic carbocycles. The van der Waals surface area contributed by atoms with Gasteiger partial charge in [-0.05, 0) is 43.4 Å². The van der Waals surface area contributed by atoms with Gasteiger partial charge in [0.2, 0.25) is 12.6 Å². The molecular weight excluding hydrogens is 948 g/mol. The zero-order valence-electron chi connectivity index (χ0n) is 38.6. The molecule has 0 radical (unpaired) electrons. The SMILES string of the molecule is COC1CC(C(=O)OCC23OC2C(O)C2C=COC(O[C@@H]4O[C@H](CO)[C@@H](O)[C@H](O)[C@H]4O)C23)CCC1O.O=C(CCc1ccccc1)OC[C@H]1O[C@@H](OC2OC=CC3C(O)C4OC4(CO)C23)[C@H](O)[C@@H](O)[C@@H]1O. The second-order valence-corrected chi connectivity index (χ2v) is 19.6. The number of hydrogen-bond donors (Lipinski definition) is 11. The molecule has 4 saturated heterocycles. The summed E-state index contributed by atoms with van der Waals surface area (Å²) in [5, 5.41) is 112. The third kappa shape index (κ3) is 9.99. The van der Waals surface area contributed by atoms with Crippen LogP contribution in [0.1, 0.15) is 31.2 Å². The van der Waals surface area contributed by atoms with E-state index in [0.717, 1.165) is 5.56 Å². The van der Waals surface area contributed by atoms with Crippen LogP contribution >= 0.6 is 0 Å². The highest BCUT2D eigenvalue weighted by Gasteiger charge is 2.77. The second-order valence-electron chi connectivity index (χ2n) is 19.6. The molecule has 15 unspecified atom stereocenters. The van der Waals surface area contributed by atoms with Crippen LogP contribution in [0.15, 0.2) is 55.0 Å². The number of carbonyl (C=O) groups is 2. The van der Waals surface area contributed by atoms with Gasteiger partial charge in [-0.2, -0.15) is 0 Å². The monoisotopic (exact) mass is 1010 g/mol. The fourth-order valence-electron chi connectivity index (χ4n) is 11.3. The van der Waals surface area contributed by atoms with Crippen molar-refractivity contribution >= 4 is 11.9 Å². The van der Waals surface area contributed by atoms with E-state index >= 15 is 0 Å². The number of aliphatic hydroxyl groups is 11. The largest absolute Gasteiger partial charge is 0.472 e. The molecule has 10 rings (SSSR count). The third-order valence-corrected chi connectivity index (χ3v) is 15.5. The van der Waals surface area contributed by atoms with Crippen LogP contribution < -0.4 is 0 Å². The number of rotatable bonds is 15. The predicted octanol–water partition coefficient (Wildman–Crippen LogP) is -4.27. The molecule has 11 N–H and O–H groups in total. The summed E-state index contributed by atoms with van der Waals surface area (Å²) >= 11 is 0. The zero-order valence-corrected chi connectivity index (χ0v) is 38.6. The van der Waals surface area contributed by atoms with Gasteiger partial charge in [0.05, 0.1) is 67.9 Å². The number of epoxide rings is 2. The first-order valence-corrected chi connectivity index (χ1v) is 23.9. The quantitative estimate of drug-likeness (QED) is 0.0585. The van der Waals surface area contributed by atoms with E-state index in [1.165, 1.54) is 19.6 Å². The molecule has 6 heterocycles. The fourth-order valence-corrected chi connectivity index (χ4v) is 11.3. The minimum atomic E-state index is -1.64. The minimum absolute atomic E-state index is 0.121. The molecule has 25 atom stereocenters. The van der Waals surface area contributed by atoms with E-state index in [1.54, 1.807) is 12.2 Å². The van der Waals surface area contributed by atoms with Gasteiger partial charge in [0, 0.05) is 25.4 Å². The van der Waals surface area contributed by atoms with Crippen molar-refractivity contribution in [2.75, 3.05) is 33.5 Å². The maximum absolute atomic E-state index is 12.8. The average molecular weight is 1010 g/mol. The lowest BCUT2D eigenvalue weighted by Crippen LogP contribution is -2.60. The predicted molar refractivity (Wildman–Crippen MR) is 230 cm³/mol. The fraction of sp³-hybridized carbons (Fsp3) is 0.745. The smallest absolute Gasteiger partial charge is 0.309 e. The summed E-state index contributed by atoms with van der Waals surface area (Å²) in [7, 11) is 1.48. The number of methoxy groups -OCH3 is 1.